The van der Waals surface area contributed by atoms with Crippen molar-refractivity contribution in [1.82, 2.24) is 0 Å². The third kappa shape index (κ3) is 1.60. The number of halogens is 2. The molecule has 0 saturated heterocycles. The van der Waals surface area contributed by atoms with E-state index in [1.807, 2.05) is 12.1 Å². The molecule has 0 aromatic heterocycles. The standard InChI is InChI=1S/C8H8ClN.ClH/c9-7-2-1-6-3-4-10-8(6)5-7;/h1-2,5,10H,3-4H2;1H. The summed E-state index contributed by atoms with van der Waals surface area (Å²) in [6.45, 7) is 1.05. The van der Waals surface area contributed by atoms with Crippen molar-refractivity contribution in [1.29, 1.82) is 0 Å². The summed E-state index contributed by atoms with van der Waals surface area (Å²) in [4.78, 5) is 0. The van der Waals surface area contributed by atoms with E-state index in [9.17, 15) is 0 Å². The molecule has 0 aliphatic carbocycles. The van der Waals surface area contributed by atoms with Crippen molar-refractivity contribution < 1.29 is 0 Å². The Morgan fingerprint density at radius 3 is 3.00 bits per heavy atom. The maximum Gasteiger partial charge on any atom is 0.0426 e. The Hall–Kier alpha value is -0.400. The van der Waals surface area contributed by atoms with Crippen molar-refractivity contribution in [2.24, 2.45) is 0 Å². The minimum Gasteiger partial charge on any atom is -0.384 e. The lowest BCUT2D eigenvalue weighted by molar-refractivity contribution is 1.11. The second-order valence-corrected chi connectivity index (χ2v) is 2.91. The second-order valence-electron chi connectivity index (χ2n) is 2.48. The Labute approximate surface area is 77.2 Å². The highest BCUT2D eigenvalue weighted by atomic mass is 35.5. The average molecular weight is 190 g/mol. The van der Waals surface area contributed by atoms with Gasteiger partial charge >= 0.3 is 0 Å². The van der Waals surface area contributed by atoms with Crippen LogP contribution in [0.1, 0.15) is 5.56 Å². The van der Waals surface area contributed by atoms with Crippen molar-refractivity contribution in [2.75, 3.05) is 11.9 Å². The first-order valence-corrected chi connectivity index (χ1v) is 3.76. The van der Waals surface area contributed by atoms with E-state index in [-0.39, 0.29) is 12.4 Å². The summed E-state index contributed by atoms with van der Waals surface area (Å²) in [7, 11) is 0. The zero-order chi connectivity index (χ0) is 6.97. The molecular formula is C8H9Cl2N. The lowest BCUT2D eigenvalue weighted by Gasteiger charge is -1.97. The molecule has 1 nitrogen and oxygen atoms in total. The minimum atomic E-state index is 0. The maximum atomic E-state index is 5.78. The van der Waals surface area contributed by atoms with Gasteiger partial charge in [-0.3, -0.25) is 0 Å². The van der Waals surface area contributed by atoms with Gasteiger partial charge in [-0.15, -0.1) is 12.4 Å². The fraction of sp³-hybridized carbons (Fsp3) is 0.250. The predicted molar refractivity (Wildman–Crippen MR) is 50.9 cm³/mol. The van der Waals surface area contributed by atoms with E-state index in [1.54, 1.807) is 0 Å². The van der Waals surface area contributed by atoms with Crippen molar-refractivity contribution in [3.63, 3.8) is 0 Å². The van der Waals surface area contributed by atoms with Crippen molar-refractivity contribution in [3.8, 4) is 0 Å². The van der Waals surface area contributed by atoms with Crippen LogP contribution >= 0.6 is 24.0 Å². The van der Waals surface area contributed by atoms with Gasteiger partial charge in [0.1, 0.15) is 0 Å². The summed E-state index contributed by atoms with van der Waals surface area (Å²) >= 11 is 5.78. The lowest BCUT2D eigenvalue weighted by Crippen LogP contribution is -1.90. The zero-order valence-corrected chi connectivity index (χ0v) is 7.50. The molecule has 1 aliphatic rings. The lowest BCUT2D eigenvalue weighted by atomic mass is 10.2. The summed E-state index contributed by atoms with van der Waals surface area (Å²) in [6, 6.07) is 5.99. The Morgan fingerprint density at radius 1 is 1.36 bits per heavy atom. The molecule has 0 atom stereocenters. The zero-order valence-electron chi connectivity index (χ0n) is 5.93. The maximum absolute atomic E-state index is 5.78. The van der Waals surface area contributed by atoms with E-state index in [0.717, 1.165) is 18.0 Å². The van der Waals surface area contributed by atoms with Crippen LogP contribution in [-0.4, -0.2) is 6.54 Å². The highest BCUT2D eigenvalue weighted by molar-refractivity contribution is 6.30. The molecule has 0 amide bonds. The van der Waals surface area contributed by atoms with Crippen LogP contribution in [0.5, 0.6) is 0 Å². The third-order valence-electron chi connectivity index (χ3n) is 1.78. The van der Waals surface area contributed by atoms with Gasteiger partial charge < -0.3 is 5.32 Å². The van der Waals surface area contributed by atoms with Crippen molar-refractivity contribution in [3.05, 3.63) is 28.8 Å². The normalized spacial score (nSPS) is 13.2. The largest absolute Gasteiger partial charge is 0.384 e. The second kappa shape index (κ2) is 3.33. The fourth-order valence-electron chi connectivity index (χ4n) is 1.26. The number of hydrogen-bond donors (Lipinski definition) is 1. The summed E-state index contributed by atoms with van der Waals surface area (Å²) in [5.41, 5.74) is 2.58. The van der Waals surface area contributed by atoms with E-state index >= 15 is 0 Å². The first-order chi connectivity index (χ1) is 4.86. The van der Waals surface area contributed by atoms with Gasteiger partial charge in [0.2, 0.25) is 0 Å². The number of hydrogen-bond acceptors (Lipinski definition) is 1. The summed E-state index contributed by atoms with van der Waals surface area (Å²) < 4.78 is 0. The van der Waals surface area contributed by atoms with Gasteiger partial charge in [-0.25, -0.2) is 0 Å². The third-order valence-corrected chi connectivity index (χ3v) is 2.02. The van der Waals surface area contributed by atoms with Gasteiger partial charge in [0.15, 0.2) is 0 Å². The molecular weight excluding hydrogens is 181 g/mol. The topological polar surface area (TPSA) is 12.0 Å². The van der Waals surface area contributed by atoms with Gasteiger partial charge in [-0.2, -0.15) is 0 Å². The molecule has 1 heterocycles. The molecule has 1 aromatic carbocycles. The van der Waals surface area contributed by atoms with Gasteiger partial charge in [0, 0.05) is 17.3 Å². The average Bonchev–Trinajstić information content (AvgIpc) is 2.33. The van der Waals surface area contributed by atoms with Gasteiger partial charge in [0.25, 0.3) is 0 Å². The quantitative estimate of drug-likeness (QED) is 0.663. The minimum absolute atomic E-state index is 0. The molecule has 0 unspecified atom stereocenters. The Morgan fingerprint density at radius 2 is 2.18 bits per heavy atom. The van der Waals surface area contributed by atoms with Gasteiger partial charge in [-0.1, -0.05) is 17.7 Å². The van der Waals surface area contributed by atoms with Crippen LogP contribution in [0.2, 0.25) is 5.02 Å². The highest BCUT2D eigenvalue weighted by Gasteiger charge is 2.08. The molecule has 0 radical (unpaired) electrons. The fourth-order valence-corrected chi connectivity index (χ4v) is 1.44. The van der Waals surface area contributed by atoms with Crippen LogP contribution in [0, 0.1) is 0 Å². The molecule has 2 rings (SSSR count). The highest BCUT2D eigenvalue weighted by Crippen LogP contribution is 2.24. The Bertz CT molecular complexity index is 260. The molecule has 0 spiro atoms. The number of fused-ring (bicyclic) bond motifs is 1. The SMILES string of the molecule is Cl.Clc1ccc2c(c1)NCC2. The molecule has 1 aliphatic heterocycles. The van der Waals surface area contributed by atoms with Gasteiger partial charge in [0.05, 0.1) is 0 Å². The number of nitrogens with one attached hydrogen (secondary N) is 1. The summed E-state index contributed by atoms with van der Waals surface area (Å²) in [5.74, 6) is 0. The van der Waals surface area contributed by atoms with E-state index in [4.69, 9.17) is 11.6 Å². The molecule has 0 fully saturated rings. The van der Waals surface area contributed by atoms with E-state index in [0.29, 0.717) is 0 Å². The number of anilines is 1. The summed E-state index contributed by atoms with van der Waals surface area (Å²) in [6.07, 6.45) is 1.13. The number of rotatable bonds is 0. The van der Waals surface area contributed by atoms with E-state index < -0.39 is 0 Å². The van der Waals surface area contributed by atoms with Crippen LogP contribution in [0.15, 0.2) is 18.2 Å². The Balaban J connectivity index is 0.000000605. The van der Waals surface area contributed by atoms with Crippen LogP contribution in [0.4, 0.5) is 5.69 Å². The first kappa shape index (κ1) is 8.69. The predicted octanol–water partition coefficient (Wildman–Crippen LogP) is 2.73. The molecule has 0 bridgehead atoms. The van der Waals surface area contributed by atoms with Crippen molar-refractivity contribution >= 4 is 29.7 Å². The number of benzene rings is 1. The molecule has 60 valence electrons. The molecule has 1 aromatic rings. The Kier molecular flexibility index (Phi) is 2.63. The first-order valence-electron chi connectivity index (χ1n) is 3.38. The molecule has 1 N–H and O–H groups in total. The van der Waals surface area contributed by atoms with Crippen molar-refractivity contribution in [2.45, 2.75) is 6.42 Å². The van der Waals surface area contributed by atoms with Gasteiger partial charge in [-0.05, 0) is 24.1 Å². The van der Waals surface area contributed by atoms with Crippen LogP contribution < -0.4 is 5.32 Å². The van der Waals surface area contributed by atoms with Crippen LogP contribution in [0.3, 0.4) is 0 Å². The van der Waals surface area contributed by atoms with E-state index in [1.165, 1.54) is 11.3 Å². The monoisotopic (exact) mass is 189 g/mol. The summed E-state index contributed by atoms with van der Waals surface area (Å²) in [5, 5.41) is 4.07. The van der Waals surface area contributed by atoms with E-state index in [2.05, 4.69) is 11.4 Å². The smallest absolute Gasteiger partial charge is 0.0426 e. The molecule has 11 heavy (non-hydrogen) atoms. The van der Waals surface area contributed by atoms with Crippen LogP contribution in [-0.2, 0) is 6.42 Å². The van der Waals surface area contributed by atoms with Crippen LogP contribution in [0.25, 0.3) is 0 Å². The molecule has 3 heteroatoms. The molecule has 0 saturated carbocycles.